The Morgan fingerprint density at radius 2 is 1.67 bits per heavy atom. The maximum atomic E-state index is 12.2. The maximum Gasteiger partial charge on any atom is 0.388 e. The van der Waals surface area contributed by atoms with E-state index in [4.69, 9.17) is 0 Å². The van der Waals surface area contributed by atoms with Gasteiger partial charge in [-0.1, -0.05) is 6.08 Å². The molecule has 0 saturated heterocycles. The molecule has 0 saturated carbocycles. The lowest BCUT2D eigenvalue weighted by atomic mass is 10.4. The van der Waals surface area contributed by atoms with Gasteiger partial charge in [-0.3, -0.25) is 4.74 Å². The molecule has 0 rings (SSSR count). The Morgan fingerprint density at radius 3 is 2.00 bits per heavy atom. The van der Waals surface area contributed by atoms with Gasteiger partial charge in [0.05, 0.1) is 6.42 Å². The molecule has 0 amide bonds. The van der Waals surface area contributed by atoms with Gasteiger partial charge in [-0.25, -0.2) is 4.39 Å². The molecule has 0 bridgehead atoms. The van der Waals surface area contributed by atoms with Crippen LogP contribution in [0, 0.1) is 0 Å². The molecule has 0 spiro atoms. The van der Waals surface area contributed by atoms with Crippen molar-refractivity contribution in [2.45, 2.75) is 18.6 Å². The standard InChI is InChI=1S/C6H7F5O/c1-2-3-5(8,9)12-6(10,11)4-7/h2H,1,3-4H2. The van der Waals surface area contributed by atoms with Gasteiger partial charge in [-0.15, -0.1) is 6.58 Å². The van der Waals surface area contributed by atoms with E-state index in [1.807, 2.05) is 0 Å². The minimum absolute atomic E-state index is 0.703. The highest BCUT2D eigenvalue weighted by Gasteiger charge is 2.43. The molecule has 0 N–H and O–H groups in total. The van der Waals surface area contributed by atoms with Crippen LogP contribution in [0.1, 0.15) is 6.42 Å². The number of hydrogen-bond donors (Lipinski definition) is 0. The Hall–Kier alpha value is -0.650. The molecule has 0 aliphatic rings. The van der Waals surface area contributed by atoms with Gasteiger partial charge in [0.1, 0.15) is 0 Å². The predicted molar refractivity (Wildman–Crippen MR) is 31.8 cm³/mol. The third-order valence-electron chi connectivity index (χ3n) is 0.836. The van der Waals surface area contributed by atoms with Crippen LogP contribution in [-0.4, -0.2) is 18.9 Å². The van der Waals surface area contributed by atoms with Gasteiger partial charge in [-0.05, 0) is 0 Å². The first-order chi connectivity index (χ1) is 5.33. The van der Waals surface area contributed by atoms with Crippen LogP contribution in [-0.2, 0) is 4.74 Å². The van der Waals surface area contributed by atoms with Gasteiger partial charge >= 0.3 is 12.2 Å². The Morgan fingerprint density at radius 1 is 1.17 bits per heavy atom. The largest absolute Gasteiger partial charge is 0.388 e. The lowest BCUT2D eigenvalue weighted by Crippen LogP contribution is -2.34. The molecule has 1 nitrogen and oxygen atoms in total. The van der Waals surface area contributed by atoms with E-state index < -0.39 is 25.3 Å². The normalized spacial score (nSPS) is 13.1. The number of ether oxygens (including phenoxy) is 1. The van der Waals surface area contributed by atoms with E-state index in [2.05, 4.69) is 11.3 Å². The summed E-state index contributed by atoms with van der Waals surface area (Å²) in [6, 6.07) is 0. The second kappa shape index (κ2) is 3.84. The zero-order valence-corrected chi connectivity index (χ0v) is 6.00. The summed E-state index contributed by atoms with van der Waals surface area (Å²) in [7, 11) is 0. The van der Waals surface area contributed by atoms with Crippen LogP contribution in [0.2, 0.25) is 0 Å². The molecular weight excluding hydrogens is 183 g/mol. The van der Waals surface area contributed by atoms with Crippen molar-refractivity contribution in [1.29, 1.82) is 0 Å². The average molecular weight is 190 g/mol. The highest BCUT2D eigenvalue weighted by Crippen LogP contribution is 2.29. The molecule has 0 heterocycles. The van der Waals surface area contributed by atoms with Gasteiger partial charge in [-0.2, -0.15) is 17.6 Å². The smallest absolute Gasteiger partial charge is 0.253 e. The quantitative estimate of drug-likeness (QED) is 0.478. The predicted octanol–water partition coefficient (Wildman–Crippen LogP) is 2.73. The Balaban J connectivity index is 4.12. The van der Waals surface area contributed by atoms with Crippen molar-refractivity contribution in [2.24, 2.45) is 0 Å². The minimum Gasteiger partial charge on any atom is -0.253 e. The Labute approximate surface area is 65.8 Å². The molecule has 0 aliphatic carbocycles. The summed E-state index contributed by atoms with van der Waals surface area (Å²) in [5.41, 5.74) is 0. The number of halogens is 5. The lowest BCUT2D eigenvalue weighted by molar-refractivity contribution is -0.375. The molecule has 6 heteroatoms. The van der Waals surface area contributed by atoms with Gasteiger partial charge in [0, 0.05) is 0 Å². The number of hydrogen-bond acceptors (Lipinski definition) is 1. The molecular formula is C6H7F5O. The monoisotopic (exact) mass is 190 g/mol. The van der Waals surface area contributed by atoms with Crippen molar-refractivity contribution in [3.05, 3.63) is 12.7 Å². The molecule has 0 radical (unpaired) electrons. The summed E-state index contributed by atoms with van der Waals surface area (Å²) in [6.45, 7) is 0.625. The molecule has 0 aliphatic heterocycles. The first kappa shape index (κ1) is 11.4. The second-order valence-corrected chi connectivity index (χ2v) is 2.00. The first-order valence-electron chi connectivity index (χ1n) is 2.96. The second-order valence-electron chi connectivity index (χ2n) is 2.00. The fourth-order valence-electron chi connectivity index (χ4n) is 0.455. The number of alkyl halides is 5. The van der Waals surface area contributed by atoms with Crippen molar-refractivity contribution >= 4 is 0 Å². The molecule has 0 atom stereocenters. The zero-order chi connectivity index (χ0) is 9.83. The molecule has 72 valence electrons. The first-order valence-corrected chi connectivity index (χ1v) is 2.96. The van der Waals surface area contributed by atoms with E-state index >= 15 is 0 Å². The van der Waals surface area contributed by atoms with Crippen LogP contribution < -0.4 is 0 Å². The van der Waals surface area contributed by atoms with Crippen molar-refractivity contribution in [3.8, 4) is 0 Å². The fraction of sp³-hybridized carbons (Fsp3) is 0.667. The average Bonchev–Trinajstić information content (AvgIpc) is 1.85. The SMILES string of the molecule is C=CCC(F)(F)OC(F)(F)CF. The van der Waals surface area contributed by atoms with Crippen molar-refractivity contribution in [3.63, 3.8) is 0 Å². The van der Waals surface area contributed by atoms with Gasteiger partial charge in [0.25, 0.3) is 0 Å². The molecule has 0 aromatic heterocycles. The van der Waals surface area contributed by atoms with Gasteiger partial charge in [0.15, 0.2) is 6.67 Å². The minimum atomic E-state index is -4.44. The molecule has 0 aromatic rings. The summed E-state index contributed by atoms with van der Waals surface area (Å²) in [6.07, 6.45) is -8.89. The van der Waals surface area contributed by atoms with Crippen LogP contribution in [0.25, 0.3) is 0 Å². The van der Waals surface area contributed by atoms with Crippen LogP contribution in [0.4, 0.5) is 22.0 Å². The van der Waals surface area contributed by atoms with Crippen LogP contribution >= 0.6 is 0 Å². The number of rotatable bonds is 5. The van der Waals surface area contributed by atoms with E-state index in [0.717, 1.165) is 0 Å². The zero-order valence-electron chi connectivity index (χ0n) is 6.00. The molecule has 12 heavy (non-hydrogen) atoms. The molecule has 0 unspecified atom stereocenters. The van der Waals surface area contributed by atoms with Crippen molar-refractivity contribution in [2.75, 3.05) is 6.67 Å². The summed E-state index contributed by atoms with van der Waals surface area (Å²) in [5, 5.41) is 0. The maximum absolute atomic E-state index is 12.2. The van der Waals surface area contributed by atoms with Gasteiger partial charge in [0.2, 0.25) is 0 Å². The topological polar surface area (TPSA) is 9.23 Å². The van der Waals surface area contributed by atoms with E-state index in [0.29, 0.717) is 6.08 Å². The van der Waals surface area contributed by atoms with Crippen LogP contribution in [0.3, 0.4) is 0 Å². The summed E-state index contributed by atoms with van der Waals surface area (Å²) >= 11 is 0. The third kappa shape index (κ3) is 4.27. The molecule has 0 fully saturated rings. The lowest BCUT2D eigenvalue weighted by Gasteiger charge is -2.20. The van der Waals surface area contributed by atoms with E-state index in [9.17, 15) is 22.0 Å². The highest BCUT2D eigenvalue weighted by atomic mass is 19.3. The van der Waals surface area contributed by atoms with E-state index in [1.54, 1.807) is 0 Å². The van der Waals surface area contributed by atoms with Crippen LogP contribution in [0.15, 0.2) is 12.7 Å². The summed E-state index contributed by atoms with van der Waals surface area (Å²) in [5.74, 6) is 0. The molecule has 0 aromatic carbocycles. The van der Waals surface area contributed by atoms with Gasteiger partial charge < -0.3 is 0 Å². The third-order valence-corrected chi connectivity index (χ3v) is 0.836. The highest BCUT2D eigenvalue weighted by molar-refractivity contribution is 4.73. The summed E-state index contributed by atoms with van der Waals surface area (Å²) < 4.78 is 62.3. The van der Waals surface area contributed by atoms with Crippen molar-refractivity contribution < 1.29 is 26.7 Å². The Kier molecular flexibility index (Phi) is 3.63. The van der Waals surface area contributed by atoms with Crippen molar-refractivity contribution in [1.82, 2.24) is 0 Å². The fourth-order valence-corrected chi connectivity index (χ4v) is 0.455. The van der Waals surface area contributed by atoms with E-state index in [1.165, 1.54) is 0 Å². The summed E-state index contributed by atoms with van der Waals surface area (Å²) in [4.78, 5) is 0. The van der Waals surface area contributed by atoms with E-state index in [-0.39, 0.29) is 0 Å². The Bertz CT molecular complexity index is 156. The van der Waals surface area contributed by atoms with Crippen LogP contribution in [0.5, 0.6) is 0 Å².